The minimum Gasteiger partial charge on any atom is -0.387 e. The second-order valence-electron chi connectivity index (χ2n) is 4.68. The van der Waals surface area contributed by atoms with Gasteiger partial charge in [-0.15, -0.1) is 0 Å². The third-order valence-electron chi connectivity index (χ3n) is 3.22. The van der Waals surface area contributed by atoms with E-state index in [-0.39, 0.29) is 0 Å². The van der Waals surface area contributed by atoms with Gasteiger partial charge in [0.15, 0.2) is 0 Å². The third-order valence-corrected chi connectivity index (χ3v) is 3.22. The van der Waals surface area contributed by atoms with E-state index in [1.54, 1.807) is 0 Å². The first-order valence-electron chi connectivity index (χ1n) is 6.80. The maximum Gasteiger partial charge on any atom is 0.0914 e. The molecule has 0 heterocycles. The van der Waals surface area contributed by atoms with Crippen molar-refractivity contribution in [2.45, 2.75) is 19.4 Å². The fourth-order valence-electron chi connectivity index (χ4n) is 2.12. The van der Waals surface area contributed by atoms with Crippen LogP contribution in [0.3, 0.4) is 0 Å². The lowest BCUT2D eigenvalue weighted by molar-refractivity contribution is 0.175. The lowest BCUT2D eigenvalue weighted by Crippen LogP contribution is -2.22. The van der Waals surface area contributed by atoms with E-state index in [0.717, 1.165) is 18.5 Å². The molecule has 0 spiro atoms. The molecular weight excluding hydrogens is 234 g/mol. The molecule has 1 atom stereocenters. The van der Waals surface area contributed by atoms with Gasteiger partial charge in [-0.1, -0.05) is 48.6 Å². The monoisotopic (exact) mass is 255 g/mol. The van der Waals surface area contributed by atoms with Crippen LogP contribution in [-0.2, 0) is 0 Å². The van der Waals surface area contributed by atoms with E-state index in [0.29, 0.717) is 6.54 Å². The predicted molar refractivity (Wildman–Crippen MR) is 81.2 cm³/mol. The van der Waals surface area contributed by atoms with Crippen molar-refractivity contribution in [3.05, 3.63) is 60.2 Å². The Balaban J connectivity index is 1.95. The van der Waals surface area contributed by atoms with Crippen molar-refractivity contribution < 1.29 is 5.11 Å². The molecule has 0 bridgehead atoms. The first-order valence-corrected chi connectivity index (χ1v) is 6.80. The van der Waals surface area contributed by atoms with E-state index >= 15 is 0 Å². The maximum absolute atomic E-state index is 10.2. The van der Waals surface area contributed by atoms with Crippen molar-refractivity contribution in [2.24, 2.45) is 0 Å². The van der Waals surface area contributed by atoms with Crippen molar-refractivity contribution in [1.82, 2.24) is 5.32 Å². The van der Waals surface area contributed by atoms with Gasteiger partial charge in [-0.3, -0.25) is 0 Å². The Labute approximate surface area is 114 Å². The van der Waals surface area contributed by atoms with E-state index in [4.69, 9.17) is 0 Å². The Morgan fingerprint density at radius 1 is 1.16 bits per heavy atom. The summed E-state index contributed by atoms with van der Waals surface area (Å²) in [7, 11) is 0. The molecule has 19 heavy (non-hydrogen) atoms. The van der Waals surface area contributed by atoms with E-state index in [1.807, 2.05) is 31.2 Å². The van der Waals surface area contributed by atoms with Crippen molar-refractivity contribution in [3.8, 4) is 0 Å². The molecule has 0 saturated carbocycles. The van der Waals surface area contributed by atoms with Crippen LogP contribution in [0.1, 0.15) is 25.0 Å². The lowest BCUT2D eigenvalue weighted by Gasteiger charge is -2.12. The zero-order chi connectivity index (χ0) is 13.5. The summed E-state index contributed by atoms with van der Waals surface area (Å²) in [5, 5.41) is 15.8. The number of allylic oxidation sites excluding steroid dienone is 1. The molecule has 0 aliphatic heterocycles. The lowest BCUT2D eigenvalue weighted by atomic mass is 10.0. The Hall–Kier alpha value is -1.64. The number of aliphatic hydroxyl groups is 1. The van der Waals surface area contributed by atoms with Gasteiger partial charge in [-0.05, 0) is 42.3 Å². The molecule has 0 aromatic heterocycles. The number of hydrogen-bond donors (Lipinski definition) is 2. The van der Waals surface area contributed by atoms with Gasteiger partial charge in [-0.2, -0.15) is 0 Å². The molecule has 100 valence electrons. The Kier molecular flexibility index (Phi) is 5.13. The van der Waals surface area contributed by atoms with Crippen LogP contribution in [0.4, 0.5) is 0 Å². The number of aliphatic hydroxyl groups excluding tert-OH is 1. The first-order chi connectivity index (χ1) is 9.31. The zero-order valence-corrected chi connectivity index (χ0v) is 11.3. The fraction of sp³-hybridized carbons (Fsp3) is 0.294. The van der Waals surface area contributed by atoms with E-state index in [1.165, 1.54) is 10.8 Å². The smallest absolute Gasteiger partial charge is 0.0914 e. The van der Waals surface area contributed by atoms with Crippen LogP contribution in [0.15, 0.2) is 54.6 Å². The summed E-state index contributed by atoms with van der Waals surface area (Å²) >= 11 is 0. The Bertz CT molecular complexity index is 548. The van der Waals surface area contributed by atoms with Crippen LogP contribution in [-0.4, -0.2) is 18.2 Å². The number of benzene rings is 2. The van der Waals surface area contributed by atoms with Crippen molar-refractivity contribution >= 4 is 10.8 Å². The number of rotatable bonds is 6. The minimum absolute atomic E-state index is 0.449. The van der Waals surface area contributed by atoms with Crippen LogP contribution < -0.4 is 5.32 Å². The molecule has 0 aliphatic rings. The molecule has 1 unspecified atom stereocenters. The van der Waals surface area contributed by atoms with E-state index < -0.39 is 6.10 Å². The molecule has 0 amide bonds. The molecule has 0 radical (unpaired) electrons. The highest BCUT2D eigenvalue weighted by molar-refractivity contribution is 5.83. The topological polar surface area (TPSA) is 32.3 Å². The summed E-state index contributed by atoms with van der Waals surface area (Å²) in [4.78, 5) is 0. The highest BCUT2D eigenvalue weighted by Gasteiger charge is 2.07. The predicted octanol–water partition coefficient (Wildman–Crippen LogP) is 3.43. The van der Waals surface area contributed by atoms with Crippen LogP contribution >= 0.6 is 0 Å². The molecule has 0 saturated heterocycles. The Morgan fingerprint density at radius 2 is 1.95 bits per heavy atom. The summed E-state index contributed by atoms with van der Waals surface area (Å²) < 4.78 is 0. The zero-order valence-electron chi connectivity index (χ0n) is 11.3. The molecule has 0 aliphatic carbocycles. The summed E-state index contributed by atoms with van der Waals surface area (Å²) in [6.45, 7) is 3.51. The minimum atomic E-state index is -0.449. The Morgan fingerprint density at radius 3 is 2.74 bits per heavy atom. The van der Waals surface area contributed by atoms with Crippen molar-refractivity contribution in [3.63, 3.8) is 0 Å². The van der Waals surface area contributed by atoms with Crippen molar-refractivity contribution in [1.29, 1.82) is 0 Å². The average Bonchev–Trinajstić information content (AvgIpc) is 2.46. The molecule has 2 rings (SSSR count). The molecule has 0 fully saturated rings. The van der Waals surface area contributed by atoms with Crippen LogP contribution in [0.25, 0.3) is 10.8 Å². The number of fused-ring (bicyclic) bond motifs is 1. The second-order valence-corrected chi connectivity index (χ2v) is 4.68. The van der Waals surface area contributed by atoms with Crippen LogP contribution in [0.2, 0.25) is 0 Å². The highest BCUT2D eigenvalue weighted by atomic mass is 16.3. The van der Waals surface area contributed by atoms with Gasteiger partial charge in [0.25, 0.3) is 0 Å². The molecule has 2 heteroatoms. The number of nitrogens with one attached hydrogen (secondary N) is 1. The summed E-state index contributed by atoms with van der Waals surface area (Å²) in [5.41, 5.74) is 0.970. The second kappa shape index (κ2) is 7.07. The molecular formula is C17H21NO. The van der Waals surface area contributed by atoms with Gasteiger partial charge >= 0.3 is 0 Å². The van der Waals surface area contributed by atoms with Gasteiger partial charge in [0, 0.05) is 6.54 Å². The van der Waals surface area contributed by atoms with Crippen LogP contribution in [0, 0.1) is 0 Å². The third kappa shape index (κ3) is 3.91. The molecule has 2 nitrogen and oxygen atoms in total. The quantitative estimate of drug-likeness (QED) is 0.612. The fourth-order valence-corrected chi connectivity index (χ4v) is 2.12. The van der Waals surface area contributed by atoms with E-state index in [9.17, 15) is 5.11 Å². The SMILES string of the molecule is C/C=C/CCNCC(O)c1ccc2ccccc2c1. The van der Waals surface area contributed by atoms with Crippen LogP contribution in [0.5, 0.6) is 0 Å². The summed E-state index contributed by atoms with van der Waals surface area (Å²) in [6.07, 6.45) is 4.72. The molecule has 2 aromatic rings. The van der Waals surface area contributed by atoms with Gasteiger partial charge < -0.3 is 10.4 Å². The van der Waals surface area contributed by atoms with Crippen molar-refractivity contribution in [2.75, 3.05) is 13.1 Å². The normalized spacial score (nSPS) is 13.2. The molecule has 2 aromatic carbocycles. The highest BCUT2D eigenvalue weighted by Crippen LogP contribution is 2.19. The standard InChI is InChI=1S/C17H21NO/c1-2-3-6-11-18-13-17(19)16-10-9-14-7-4-5-8-15(14)12-16/h2-5,7-10,12,17-19H,6,11,13H2,1H3/b3-2+. The van der Waals surface area contributed by atoms with Gasteiger partial charge in [0.1, 0.15) is 0 Å². The largest absolute Gasteiger partial charge is 0.387 e. The number of hydrogen-bond acceptors (Lipinski definition) is 2. The van der Waals surface area contributed by atoms with Gasteiger partial charge in [0.05, 0.1) is 6.10 Å². The van der Waals surface area contributed by atoms with Gasteiger partial charge in [0.2, 0.25) is 0 Å². The average molecular weight is 255 g/mol. The van der Waals surface area contributed by atoms with E-state index in [2.05, 4.69) is 35.7 Å². The maximum atomic E-state index is 10.2. The first kappa shape index (κ1) is 13.8. The van der Waals surface area contributed by atoms with Gasteiger partial charge in [-0.25, -0.2) is 0 Å². The summed E-state index contributed by atoms with van der Waals surface area (Å²) in [6, 6.07) is 14.3. The molecule has 2 N–H and O–H groups in total. The summed E-state index contributed by atoms with van der Waals surface area (Å²) in [5.74, 6) is 0.